The zero-order chi connectivity index (χ0) is 11.8. The van der Waals surface area contributed by atoms with Crippen LogP contribution in [0.3, 0.4) is 0 Å². The third kappa shape index (κ3) is 5.13. The lowest BCUT2D eigenvalue weighted by molar-refractivity contribution is 0.0526. The summed E-state index contributed by atoms with van der Waals surface area (Å²) in [5.74, 6) is 0.805. The lowest BCUT2D eigenvalue weighted by Crippen LogP contribution is -2.39. The van der Waals surface area contributed by atoms with Crippen molar-refractivity contribution >= 4 is 0 Å². The maximum absolute atomic E-state index is 5.43. The molecule has 0 amide bonds. The normalized spacial score (nSPS) is 19.6. The Morgan fingerprint density at radius 1 is 1.44 bits per heavy atom. The Morgan fingerprint density at radius 3 is 2.69 bits per heavy atom. The fourth-order valence-electron chi connectivity index (χ4n) is 2.35. The summed E-state index contributed by atoms with van der Waals surface area (Å²) in [7, 11) is 0. The van der Waals surface area contributed by atoms with Crippen molar-refractivity contribution < 1.29 is 4.74 Å². The van der Waals surface area contributed by atoms with E-state index in [1.165, 1.54) is 31.3 Å². The van der Waals surface area contributed by atoms with Crippen LogP contribution in [0.25, 0.3) is 0 Å². The average Bonchev–Trinajstić information content (AvgIpc) is 2.30. The van der Waals surface area contributed by atoms with Crippen LogP contribution >= 0.6 is 0 Å². The van der Waals surface area contributed by atoms with E-state index in [4.69, 9.17) is 4.74 Å². The highest BCUT2D eigenvalue weighted by Crippen LogP contribution is 2.22. The van der Waals surface area contributed by atoms with Crippen molar-refractivity contribution in [3.05, 3.63) is 12.2 Å². The summed E-state index contributed by atoms with van der Waals surface area (Å²) in [4.78, 5) is 0. The van der Waals surface area contributed by atoms with Crippen molar-refractivity contribution in [3.63, 3.8) is 0 Å². The Labute approximate surface area is 100 Å². The maximum Gasteiger partial charge on any atom is 0.0469 e. The minimum absolute atomic E-state index is 0.667. The second kappa shape index (κ2) is 7.86. The second-order valence-electron chi connectivity index (χ2n) is 5.01. The summed E-state index contributed by atoms with van der Waals surface area (Å²) in [6.07, 6.45) is 6.04. The van der Waals surface area contributed by atoms with E-state index in [-0.39, 0.29) is 0 Å². The summed E-state index contributed by atoms with van der Waals surface area (Å²) in [5.41, 5.74) is 1.30. The number of allylic oxidation sites excluding steroid dienone is 1. The number of rotatable bonds is 7. The third-order valence-corrected chi connectivity index (χ3v) is 3.37. The maximum atomic E-state index is 5.43. The quantitative estimate of drug-likeness (QED) is 0.672. The molecule has 1 aliphatic rings. The van der Waals surface area contributed by atoms with Gasteiger partial charge in [-0.3, -0.25) is 0 Å². The molecule has 1 unspecified atom stereocenters. The molecule has 16 heavy (non-hydrogen) atoms. The molecule has 1 fully saturated rings. The van der Waals surface area contributed by atoms with E-state index in [0.717, 1.165) is 32.1 Å². The lowest BCUT2D eigenvalue weighted by Gasteiger charge is -2.31. The van der Waals surface area contributed by atoms with Crippen LogP contribution in [0.15, 0.2) is 12.2 Å². The van der Waals surface area contributed by atoms with Crippen molar-refractivity contribution in [2.75, 3.05) is 19.8 Å². The topological polar surface area (TPSA) is 21.3 Å². The van der Waals surface area contributed by atoms with Crippen molar-refractivity contribution in [2.24, 2.45) is 5.92 Å². The Balaban J connectivity index is 2.37. The van der Waals surface area contributed by atoms with Gasteiger partial charge in [0.1, 0.15) is 0 Å². The van der Waals surface area contributed by atoms with Gasteiger partial charge in [0.05, 0.1) is 0 Å². The van der Waals surface area contributed by atoms with Crippen molar-refractivity contribution in [1.29, 1.82) is 0 Å². The molecule has 1 saturated heterocycles. The number of hydrogen-bond acceptors (Lipinski definition) is 2. The molecular formula is C14H27NO. The highest BCUT2D eigenvalue weighted by molar-refractivity contribution is 4.90. The van der Waals surface area contributed by atoms with Gasteiger partial charge in [0.2, 0.25) is 0 Å². The number of hydrogen-bond donors (Lipinski definition) is 1. The van der Waals surface area contributed by atoms with Gasteiger partial charge in [0.15, 0.2) is 0 Å². The fourth-order valence-corrected chi connectivity index (χ4v) is 2.35. The first-order valence-electron chi connectivity index (χ1n) is 6.69. The van der Waals surface area contributed by atoms with E-state index in [0.29, 0.717) is 6.04 Å². The molecular weight excluding hydrogens is 198 g/mol. The summed E-state index contributed by atoms with van der Waals surface area (Å²) in [5, 5.41) is 3.70. The van der Waals surface area contributed by atoms with Gasteiger partial charge in [-0.2, -0.15) is 0 Å². The van der Waals surface area contributed by atoms with Crippen LogP contribution in [0.1, 0.15) is 46.0 Å². The van der Waals surface area contributed by atoms with Gasteiger partial charge in [0.25, 0.3) is 0 Å². The van der Waals surface area contributed by atoms with E-state index < -0.39 is 0 Å². The van der Waals surface area contributed by atoms with Gasteiger partial charge in [-0.05, 0) is 51.5 Å². The Hall–Kier alpha value is -0.340. The Bertz CT molecular complexity index is 197. The smallest absolute Gasteiger partial charge is 0.0469 e. The first kappa shape index (κ1) is 13.7. The average molecular weight is 225 g/mol. The molecule has 0 radical (unpaired) electrons. The first-order chi connectivity index (χ1) is 7.74. The van der Waals surface area contributed by atoms with Gasteiger partial charge >= 0.3 is 0 Å². The largest absolute Gasteiger partial charge is 0.381 e. The van der Waals surface area contributed by atoms with E-state index in [1.54, 1.807) is 0 Å². The van der Waals surface area contributed by atoms with Gasteiger partial charge < -0.3 is 10.1 Å². The standard InChI is InChI=1S/C14H27NO/c1-4-9-15-14(6-5-12(2)3)13-7-10-16-11-8-13/h13-15H,2,4-11H2,1,3H3. The van der Waals surface area contributed by atoms with Gasteiger partial charge in [-0.25, -0.2) is 0 Å². The lowest BCUT2D eigenvalue weighted by atomic mass is 9.88. The summed E-state index contributed by atoms with van der Waals surface area (Å²) in [6.45, 7) is 11.4. The molecule has 1 N–H and O–H groups in total. The molecule has 0 spiro atoms. The van der Waals surface area contributed by atoms with E-state index in [2.05, 4.69) is 25.7 Å². The highest BCUT2D eigenvalue weighted by Gasteiger charge is 2.22. The Kier molecular flexibility index (Phi) is 6.74. The molecule has 1 atom stereocenters. The van der Waals surface area contributed by atoms with Gasteiger partial charge in [0, 0.05) is 19.3 Å². The fraction of sp³-hybridized carbons (Fsp3) is 0.857. The highest BCUT2D eigenvalue weighted by atomic mass is 16.5. The van der Waals surface area contributed by atoms with E-state index in [9.17, 15) is 0 Å². The van der Waals surface area contributed by atoms with Crippen molar-refractivity contribution in [3.8, 4) is 0 Å². The van der Waals surface area contributed by atoms with Gasteiger partial charge in [-0.15, -0.1) is 6.58 Å². The van der Waals surface area contributed by atoms with Crippen molar-refractivity contribution in [1.82, 2.24) is 5.32 Å². The zero-order valence-corrected chi connectivity index (χ0v) is 10.9. The molecule has 2 nitrogen and oxygen atoms in total. The molecule has 0 aromatic carbocycles. The van der Waals surface area contributed by atoms with Gasteiger partial charge in [-0.1, -0.05) is 12.5 Å². The molecule has 1 heterocycles. The summed E-state index contributed by atoms with van der Waals surface area (Å²) >= 11 is 0. The molecule has 1 aliphatic heterocycles. The minimum atomic E-state index is 0.667. The number of ether oxygens (including phenoxy) is 1. The SMILES string of the molecule is C=C(C)CCC(NCCC)C1CCOCC1. The molecule has 94 valence electrons. The van der Waals surface area contributed by atoms with Crippen LogP contribution in [0, 0.1) is 5.92 Å². The monoisotopic (exact) mass is 225 g/mol. The predicted octanol–water partition coefficient (Wildman–Crippen LogP) is 3.14. The molecule has 2 heteroatoms. The first-order valence-corrected chi connectivity index (χ1v) is 6.69. The van der Waals surface area contributed by atoms with Crippen LogP contribution in [-0.4, -0.2) is 25.8 Å². The van der Waals surface area contributed by atoms with Crippen LogP contribution in [0.4, 0.5) is 0 Å². The molecule has 1 rings (SSSR count). The predicted molar refractivity (Wildman–Crippen MR) is 69.7 cm³/mol. The van der Waals surface area contributed by atoms with E-state index in [1.807, 2.05) is 0 Å². The van der Waals surface area contributed by atoms with Crippen LogP contribution < -0.4 is 5.32 Å². The number of nitrogens with one attached hydrogen (secondary N) is 1. The molecule has 0 bridgehead atoms. The van der Waals surface area contributed by atoms with Crippen LogP contribution in [0.2, 0.25) is 0 Å². The minimum Gasteiger partial charge on any atom is -0.381 e. The molecule has 0 aromatic heterocycles. The van der Waals surface area contributed by atoms with Crippen LogP contribution in [0.5, 0.6) is 0 Å². The van der Waals surface area contributed by atoms with Crippen molar-refractivity contribution in [2.45, 2.75) is 52.0 Å². The van der Waals surface area contributed by atoms with E-state index >= 15 is 0 Å². The molecule has 0 aliphatic carbocycles. The third-order valence-electron chi connectivity index (χ3n) is 3.37. The summed E-state index contributed by atoms with van der Waals surface area (Å²) < 4.78 is 5.43. The summed E-state index contributed by atoms with van der Waals surface area (Å²) in [6, 6.07) is 0.667. The molecule has 0 aromatic rings. The second-order valence-corrected chi connectivity index (χ2v) is 5.01. The Morgan fingerprint density at radius 2 is 2.12 bits per heavy atom. The zero-order valence-electron chi connectivity index (χ0n) is 10.9. The molecule has 0 saturated carbocycles. The van der Waals surface area contributed by atoms with Crippen LogP contribution in [-0.2, 0) is 4.74 Å².